The van der Waals surface area contributed by atoms with E-state index in [1.165, 1.54) is 97.6 Å². The van der Waals surface area contributed by atoms with E-state index in [0.29, 0.717) is 0 Å². The SMILES string of the molecule is CC1(C)c2cc(-c3ccc(-n4c5ccc(-c6ccccc6)cc5c5cc(-c6ccccc6)ccc54)cc3)ccc2-c2ccc3sc4ccccc4c3c21. The van der Waals surface area contributed by atoms with Crippen molar-refractivity contribution in [2.75, 3.05) is 0 Å². The van der Waals surface area contributed by atoms with Crippen LogP contribution < -0.4 is 0 Å². The highest BCUT2D eigenvalue weighted by atomic mass is 32.1. The van der Waals surface area contributed by atoms with E-state index >= 15 is 0 Å². The van der Waals surface area contributed by atoms with E-state index in [2.05, 4.69) is 194 Å². The van der Waals surface area contributed by atoms with Gasteiger partial charge in [-0.25, -0.2) is 0 Å². The van der Waals surface area contributed by atoms with Crippen molar-refractivity contribution in [2.45, 2.75) is 19.3 Å². The molecule has 11 rings (SSSR count). The van der Waals surface area contributed by atoms with Crippen LogP contribution in [0.4, 0.5) is 0 Å². The Balaban J connectivity index is 1.02. The second-order valence-electron chi connectivity index (χ2n) is 14.9. The molecule has 0 amide bonds. The van der Waals surface area contributed by atoms with Crippen molar-refractivity contribution in [3.05, 3.63) is 187 Å². The quantitative estimate of drug-likeness (QED) is 0.173. The lowest BCUT2D eigenvalue weighted by Gasteiger charge is -2.23. The second-order valence-corrected chi connectivity index (χ2v) is 16.0. The molecule has 1 aliphatic carbocycles. The third kappa shape index (κ3) is 4.56. The van der Waals surface area contributed by atoms with Crippen LogP contribution in [-0.4, -0.2) is 4.57 Å². The van der Waals surface area contributed by atoms with Gasteiger partial charge in [-0.05, 0) is 110 Å². The van der Waals surface area contributed by atoms with Gasteiger partial charge in [0.1, 0.15) is 0 Å². The Hall–Kier alpha value is -6.22. The summed E-state index contributed by atoms with van der Waals surface area (Å²) in [6.07, 6.45) is 0. The zero-order valence-corrected chi connectivity index (χ0v) is 30.4. The summed E-state index contributed by atoms with van der Waals surface area (Å²) < 4.78 is 5.16. The van der Waals surface area contributed by atoms with Crippen LogP contribution in [0.2, 0.25) is 0 Å². The third-order valence-corrected chi connectivity index (χ3v) is 12.7. The first-order chi connectivity index (χ1) is 26.0. The van der Waals surface area contributed by atoms with Crippen molar-refractivity contribution in [1.82, 2.24) is 4.57 Å². The fourth-order valence-corrected chi connectivity index (χ4v) is 10.1. The van der Waals surface area contributed by atoms with Gasteiger partial charge in [-0.2, -0.15) is 0 Å². The molecule has 2 heterocycles. The Labute approximate surface area is 313 Å². The topological polar surface area (TPSA) is 4.93 Å². The van der Waals surface area contributed by atoms with Crippen molar-refractivity contribution in [1.29, 1.82) is 0 Å². The highest BCUT2D eigenvalue weighted by Gasteiger charge is 2.38. The molecule has 1 aliphatic rings. The predicted molar refractivity (Wildman–Crippen MR) is 228 cm³/mol. The summed E-state index contributed by atoms with van der Waals surface area (Å²) in [7, 11) is 0. The van der Waals surface area contributed by atoms with Crippen molar-refractivity contribution < 1.29 is 0 Å². The second kappa shape index (κ2) is 11.4. The van der Waals surface area contributed by atoms with Gasteiger partial charge in [0.05, 0.1) is 11.0 Å². The van der Waals surface area contributed by atoms with Gasteiger partial charge in [0.25, 0.3) is 0 Å². The summed E-state index contributed by atoms with van der Waals surface area (Å²) in [4.78, 5) is 0. The van der Waals surface area contributed by atoms with E-state index < -0.39 is 0 Å². The summed E-state index contributed by atoms with van der Waals surface area (Å²) in [5.74, 6) is 0. The molecule has 10 aromatic rings. The molecule has 53 heavy (non-hydrogen) atoms. The number of hydrogen-bond donors (Lipinski definition) is 0. The maximum absolute atomic E-state index is 2.45. The molecule has 0 saturated heterocycles. The number of thiophene rings is 1. The fourth-order valence-electron chi connectivity index (χ4n) is 9.03. The van der Waals surface area contributed by atoms with Gasteiger partial charge in [0.2, 0.25) is 0 Å². The largest absolute Gasteiger partial charge is 0.309 e. The van der Waals surface area contributed by atoms with Crippen LogP contribution in [0.25, 0.3) is 92.2 Å². The van der Waals surface area contributed by atoms with Crippen LogP contribution in [0, 0.1) is 0 Å². The van der Waals surface area contributed by atoms with Crippen LogP contribution in [0.5, 0.6) is 0 Å². The Morgan fingerprint density at radius 1 is 0.415 bits per heavy atom. The molecule has 8 aromatic carbocycles. The van der Waals surface area contributed by atoms with E-state index in [9.17, 15) is 0 Å². The van der Waals surface area contributed by atoms with E-state index in [-0.39, 0.29) is 5.41 Å². The van der Waals surface area contributed by atoms with E-state index in [1.807, 2.05) is 11.3 Å². The lowest BCUT2D eigenvalue weighted by atomic mass is 9.80. The Kier molecular flexibility index (Phi) is 6.53. The van der Waals surface area contributed by atoms with Crippen molar-refractivity contribution >= 4 is 53.3 Å². The number of nitrogens with zero attached hydrogens (tertiary/aromatic N) is 1. The molecule has 0 N–H and O–H groups in total. The molecule has 0 saturated carbocycles. The number of aromatic nitrogens is 1. The minimum absolute atomic E-state index is 0.107. The van der Waals surface area contributed by atoms with E-state index in [1.54, 1.807) is 0 Å². The molecule has 0 radical (unpaired) electrons. The summed E-state index contributed by atoms with van der Waals surface area (Å²) in [6, 6.07) is 65.1. The van der Waals surface area contributed by atoms with Crippen molar-refractivity contribution in [3.8, 4) is 50.2 Å². The molecule has 0 aliphatic heterocycles. The van der Waals surface area contributed by atoms with Crippen molar-refractivity contribution in [3.63, 3.8) is 0 Å². The number of benzene rings is 8. The maximum Gasteiger partial charge on any atom is 0.0541 e. The van der Waals surface area contributed by atoms with Crippen LogP contribution in [0.15, 0.2) is 176 Å². The lowest BCUT2D eigenvalue weighted by molar-refractivity contribution is 0.667. The molecular formula is C51H35NS. The fraction of sp³-hybridized carbons (Fsp3) is 0.0588. The molecule has 1 nitrogen and oxygen atoms in total. The summed E-state index contributed by atoms with van der Waals surface area (Å²) in [6.45, 7) is 4.82. The monoisotopic (exact) mass is 693 g/mol. The minimum Gasteiger partial charge on any atom is -0.309 e. The summed E-state index contributed by atoms with van der Waals surface area (Å²) in [5.41, 5.74) is 16.5. The molecule has 0 bridgehead atoms. The Morgan fingerprint density at radius 3 is 1.60 bits per heavy atom. The summed E-state index contributed by atoms with van der Waals surface area (Å²) >= 11 is 1.91. The maximum atomic E-state index is 2.45. The highest BCUT2D eigenvalue weighted by Crippen LogP contribution is 2.54. The average Bonchev–Trinajstić information content (AvgIpc) is 3.83. The highest BCUT2D eigenvalue weighted by molar-refractivity contribution is 7.25. The molecule has 0 unspecified atom stereocenters. The standard InChI is InChI=1S/C51H35NS/c1-51(2)44-31-37(19-24-39(44)40-25-28-48-49(50(40)51)41-15-9-10-16-47(41)53-48)34-17-22-38(23-18-34)52-45-26-20-35(32-11-5-3-6-12-32)29-42(45)43-30-36(21-27-46(43)52)33-13-7-4-8-14-33/h3-31H,1-2H3. The summed E-state index contributed by atoms with van der Waals surface area (Å²) in [5, 5.41) is 5.32. The van der Waals surface area contributed by atoms with Gasteiger partial charge in [0, 0.05) is 42.0 Å². The third-order valence-electron chi connectivity index (χ3n) is 11.6. The predicted octanol–water partition coefficient (Wildman–Crippen LogP) is 14.5. The zero-order chi connectivity index (χ0) is 35.3. The molecule has 0 spiro atoms. The van der Waals surface area contributed by atoms with E-state index in [4.69, 9.17) is 0 Å². The smallest absolute Gasteiger partial charge is 0.0541 e. The molecule has 250 valence electrons. The van der Waals surface area contributed by atoms with Gasteiger partial charge < -0.3 is 4.57 Å². The molecule has 2 aromatic heterocycles. The molecule has 2 heteroatoms. The first kappa shape index (κ1) is 30.4. The van der Waals surface area contributed by atoms with Gasteiger partial charge in [-0.15, -0.1) is 11.3 Å². The van der Waals surface area contributed by atoms with Crippen LogP contribution in [0.3, 0.4) is 0 Å². The Morgan fingerprint density at radius 2 is 0.943 bits per heavy atom. The van der Waals surface area contributed by atoms with Crippen LogP contribution >= 0.6 is 11.3 Å². The van der Waals surface area contributed by atoms with E-state index in [0.717, 1.165) is 5.69 Å². The Bertz CT molecular complexity index is 2960. The van der Waals surface area contributed by atoms with Gasteiger partial charge >= 0.3 is 0 Å². The average molecular weight is 694 g/mol. The molecular weight excluding hydrogens is 659 g/mol. The number of fused-ring (bicyclic) bond motifs is 10. The minimum atomic E-state index is -0.107. The van der Waals surface area contributed by atoms with Gasteiger partial charge in [-0.3, -0.25) is 0 Å². The number of hydrogen-bond acceptors (Lipinski definition) is 1. The first-order valence-electron chi connectivity index (χ1n) is 18.4. The lowest BCUT2D eigenvalue weighted by Crippen LogP contribution is -2.15. The number of rotatable bonds is 4. The molecule has 0 fully saturated rings. The molecule has 0 atom stereocenters. The normalized spacial score (nSPS) is 13.2. The van der Waals surface area contributed by atoms with Crippen LogP contribution in [-0.2, 0) is 5.41 Å². The van der Waals surface area contributed by atoms with Gasteiger partial charge in [-0.1, -0.05) is 135 Å². The first-order valence-corrected chi connectivity index (χ1v) is 19.2. The van der Waals surface area contributed by atoms with Crippen molar-refractivity contribution in [2.24, 2.45) is 0 Å². The zero-order valence-electron chi connectivity index (χ0n) is 29.6. The van der Waals surface area contributed by atoms with Crippen LogP contribution in [0.1, 0.15) is 25.0 Å². The van der Waals surface area contributed by atoms with Gasteiger partial charge in [0.15, 0.2) is 0 Å².